The van der Waals surface area contributed by atoms with Crippen LogP contribution in [0.3, 0.4) is 0 Å². The minimum atomic E-state index is -0.394. The molecule has 1 saturated heterocycles. The third-order valence-electron chi connectivity index (χ3n) is 5.75. The Morgan fingerprint density at radius 3 is 2.58 bits per heavy atom. The molecule has 1 N–H and O–H groups in total. The van der Waals surface area contributed by atoms with Crippen molar-refractivity contribution in [3.8, 4) is 5.75 Å². The van der Waals surface area contributed by atoms with Gasteiger partial charge in [-0.3, -0.25) is 24.2 Å². The molecule has 2 aliphatic heterocycles. The molecule has 8 nitrogen and oxygen atoms in total. The first-order valence-corrected chi connectivity index (χ1v) is 10.8. The summed E-state index contributed by atoms with van der Waals surface area (Å²) in [7, 11) is 1.57. The van der Waals surface area contributed by atoms with E-state index in [1.54, 1.807) is 31.4 Å². The van der Waals surface area contributed by atoms with E-state index in [0.29, 0.717) is 23.4 Å². The fourth-order valence-electron chi connectivity index (χ4n) is 3.96. The van der Waals surface area contributed by atoms with Crippen LogP contribution >= 0.6 is 12.4 Å². The van der Waals surface area contributed by atoms with E-state index in [9.17, 15) is 14.4 Å². The van der Waals surface area contributed by atoms with Gasteiger partial charge in [-0.05, 0) is 48.9 Å². The molecule has 0 saturated carbocycles. The molecule has 2 aliphatic rings. The van der Waals surface area contributed by atoms with E-state index < -0.39 is 5.91 Å². The largest absolute Gasteiger partial charge is 0.497 e. The van der Waals surface area contributed by atoms with Crippen molar-refractivity contribution in [1.82, 2.24) is 15.1 Å². The number of ether oxygens (including phenoxy) is 2. The zero-order valence-corrected chi connectivity index (χ0v) is 19.4. The van der Waals surface area contributed by atoms with Crippen molar-refractivity contribution in [3.05, 3.63) is 64.7 Å². The Bertz CT molecular complexity index is 1020. The van der Waals surface area contributed by atoms with Crippen molar-refractivity contribution >= 4 is 30.1 Å². The molecule has 2 heterocycles. The fraction of sp³-hybridized carbons (Fsp3) is 0.375. The van der Waals surface area contributed by atoms with Crippen LogP contribution in [0.5, 0.6) is 5.75 Å². The number of nitrogens with one attached hydrogen (secondary N) is 1. The molecule has 1 fully saturated rings. The van der Waals surface area contributed by atoms with Gasteiger partial charge in [-0.2, -0.15) is 0 Å². The molecule has 3 amide bonds. The van der Waals surface area contributed by atoms with E-state index in [4.69, 9.17) is 9.47 Å². The summed E-state index contributed by atoms with van der Waals surface area (Å²) < 4.78 is 10.5. The number of amides is 3. The number of rotatable bonds is 8. The zero-order valence-electron chi connectivity index (χ0n) is 18.5. The van der Waals surface area contributed by atoms with Crippen LogP contribution in [0.15, 0.2) is 42.5 Å². The summed E-state index contributed by atoms with van der Waals surface area (Å²) in [6.07, 6.45) is 0.836. The highest BCUT2D eigenvalue weighted by atomic mass is 35.5. The molecule has 0 bridgehead atoms. The molecular formula is C24H28ClN3O5. The van der Waals surface area contributed by atoms with Crippen LogP contribution in [0.1, 0.15) is 43.1 Å². The van der Waals surface area contributed by atoms with Gasteiger partial charge < -0.3 is 14.8 Å². The Labute approximate surface area is 199 Å². The number of methoxy groups -OCH3 is 1. The van der Waals surface area contributed by atoms with Gasteiger partial charge in [-0.1, -0.05) is 12.1 Å². The first-order valence-electron chi connectivity index (χ1n) is 10.8. The summed E-state index contributed by atoms with van der Waals surface area (Å²) in [5.41, 5.74) is 1.75. The number of fused-ring (bicyclic) bond motifs is 1. The smallest absolute Gasteiger partial charge is 0.261 e. The summed E-state index contributed by atoms with van der Waals surface area (Å²) >= 11 is 0. The van der Waals surface area contributed by atoms with Gasteiger partial charge in [0.2, 0.25) is 0 Å². The van der Waals surface area contributed by atoms with Crippen LogP contribution in [-0.4, -0.2) is 74.0 Å². The monoisotopic (exact) mass is 473 g/mol. The summed E-state index contributed by atoms with van der Waals surface area (Å²) in [6.45, 7) is 4.93. The number of halogens is 1. The average molecular weight is 474 g/mol. The number of nitrogens with zero attached hydrogens (tertiary/aromatic N) is 2. The molecule has 2 aromatic rings. The second kappa shape index (κ2) is 11.3. The van der Waals surface area contributed by atoms with Crippen molar-refractivity contribution < 1.29 is 23.9 Å². The van der Waals surface area contributed by atoms with E-state index in [-0.39, 0.29) is 36.3 Å². The van der Waals surface area contributed by atoms with Crippen LogP contribution < -0.4 is 10.1 Å². The molecule has 0 aliphatic carbocycles. The number of carbonyl (C=O) groups excluding carboxylic acids is 3. The second-order valence-corrected chi connectivity index (χ2v) is 7.87. The van der Waals surface area contributed by atoms with E-state index >= 15 is 0 Å². The van der Waals surface area contributed by atoms with E-state index in [1.807, 2.05) is 12.1 Å². The van der Waals surface area contributed by atoms with Crippen molar-refractivity contribution in [2.24, 2.45) is 0 Å². The van der Waals surface area contributed by atoms with Crippen LogP contribution in [0.4, 0.5) is 0 Å². The highest BCUT2D eigenvalue weighted by Crippen LogP contribution is 2.26. The lowest BCUT2D eigenvalue weighted by Gasteiger charge is -2.26. The molecular weight excluding hydrogens is 446 g/mol. The Morgan fingerprint density at radius 2 is 1.82 bits per heavy atom. The minimum absolute atomic E-state index is 0. The summed E-state index contributed by atoms with van der Waals surface area (Å²) in [5.74, 6) is -0.340. The third kappa shape index (κ3) is 5.71. The Morgan fingerprint density at radius 1 is 1.06 bits per heavy atom. The number of hydrogen-bond acceptors (Lipinski definition) is 6. The molecule has 176 valence electrons. The maximum atomic E-state index is 12.9. The minimum Gasteiger partial charge on any atom is -0.497 e. The molecule has 0 atom stereocenters. The van der Waals surface area contributed by atoms with Crippen LogP contribution in [0, 0.1) is 0 Å². The lowest BCUT2D eigenvalue weighted by molar-refractivity contribution is 0.0374. The summed E-state index contributed by atoms with van der Waals surface area (Å²) in [5, 5.41) is 2.90. The Balaban J connectivity index is 0.00000306. The number of benzene rings is 2. The molecule has 9 heteroatoms. The normalized spacial score (nSPS) is 15.7. The Hall–Kier alpha value is -2.94. The second-order valence-electron chi connectivity index (χ2n) is 7.87. The summed E-state index contributed by atoms with van der Waals surface area (Å²) in [6, 6.07) is 11.9. The van der Waals surface area contributed by atoms with Gasteiger partial charge in [0.05, 0.1) is 38.0 Å². The van der Waals surface area contributed by atoms with Crippen molar-refractivity contribution in [3.63, 3.8) is 0 Å². The number of carbonyl (C=O) groups is 3. The van der Waals surface area contributed by atoms with Crippen LogP contribution in [0.25, 0.3) is 0 Å². The third-order valence-corrected chi connectivity index (χ3v) is 5.75. The predicted octanol–water partition coefficient (Wildman–Crippen LogP) is 2.37. The fourth-order valence-corrected chi connectivity index (χ4v) is 3.96. The topological polar surface area (TPSA) is 88.2 Å². The highest BCUT2D eigenvalue weighted by molar-refractivity contribution is 6.22. The molecule has 4 rings (SSSR count). The lowest BCUT2D eigenvalue weighted by Crippen LogP contribution is -2.38. The van der Waals surface area contributed by atoms with Gasteiger partial charge >= 0.3 is 0 Å². The first kappa shape index (κ1) is 24.7. The van der Waals surface area contributed by atoms with Gasteiger partial charge in [0.25, 0.3) is 17.7 Å². The zero-order chi connectivity index (χ0) is 22.5. The van der Waals surface area contributed by atoms with Crippen molar-refractivity contribution in [2.75, 3.05) is 46.5 Å². The van der Waals surface area contributed by atoms with E-state index in [2.05, 4.69) is 10.2 Å². The number of hydrogen-bond donors (Lipinski definition) is 1. The van der Waals surface area contributed by atoms with Gasteiger partial charge in [-0.15, -0.1) is 12.4 Å². The van der Waals surface area contributed by atoms with Crippen molar-refractivity contribution in [1.29, 1.82) is 0 Å². The highest BCUT2D eigenvalue weighted by Gasteiger charge is 2.36. The molecule has 33 heavy (non-hydrogen) atoms. The van der Waals surface area contributed by atoms with E-state index in [1.165, 1.54) is 11.0 Å². The van der Waals surface area contributed by atoms with Crippen LogP contribution in [0.2, 0.25) is 0 Å². The molecule has 0 aromatic heterocycles. The molecule has 0 unspecified atom stereocenters. The van der Waals surface area contributed by atoms with E-state index in [0.717, 1.165) is 44.8 Å². The molecule has 2 aromatic carbocycles. The maximum Gasteiger partial charge on any atom is 0.261 e. The van der Waals surface area contributed by atoms with Gasteiger partial charge in [0, 0.05) is 25.2 Å². The molecule has 0 spiro atoms. The van der Waals surface area contributed by atoms with Gasteiger partial charge in [-0.25, -0.2) is 0 Å². The standard InChI is InChI=1S/C24H27N3O5.ClH/c1-31-19-5-2-4-17(14-19)16-27-23(29)20-7-6-18(15-21(20)24(27)30)22(28)25-8-3-9-26-10-12-32-13-11-26;/h2,4-7,14-15H,3,8-13,16H2,1H3,(H,25,28);1H. The Kier molecular flexibility index (Phi) is 8.43. The lowest BCUT2D eigenvalue weighted by atomic mass is 10.1. The van der Waals surface area contributed by atoms with Crippen LogP contribution in [-0.2, 0) is 11.3 Å². The average Bonchev–Trinajstić information content (AvgIpc) is 3.06. The SMILES string of the molecule is COc1cccc(CN2C(=O)c3ccc(C(=O)NCCCN4CCOCC4)cc3C2=O)c1.Cl. The number of imide groups is 1. The first-order chi connectivity index (χ1) is 15.6. The predicted molar refractivity (Wildman–Crippen MR) is 125 cm³/mol. The number of morpholine rings is 1. The quantitative estimate of drug-likeness (QED) is 0.468. The van der Waals surface area contributed by atoms with Gasteiger partial charge in [0.15, 0.2) is 0 Å². The van der Waals surface area contributed by atoms with Crippen molar-refractivity contribution in [2.45, 2.75) is 13.0 Å². The summed E-state index contributed by atoms with van der Waals surface area (Å²) in [4.78, 5) is 41.7. The molecule has 0 radical (unpaired) electrons. The van der Waals surface area contributed by atoms with Gasteiger partial charge in [0.1, 0.15) is 5.75 Å². The maximum absolute atomic E-state index is 12.9.